The lowest BCUT2D eigenvalue weighted by Crippen LogP contribution is -2.57. The first kappa shape index (κ1) is 28.5. The van der Waals surface area contributed by atoms with E-state index in [4.69, 9.17) is 5.84 Å². The molecule has 0 saturated carbocycles. The van der Waals surface area contributed by atoms with Crippen molar-refractivity contribution in [3.05, 3.63) is 54.1 Å². The lowest BCUT2D eigenvalue weighted by Gasteiger charge is -2.40. The van der Waals surface area contributed by atoms with Gasteiger partial charge in [-0.2, -0.15) is 0 Å². The summed E-state index contributed by atoms with van der Waals surface area (Å²) in [6.07, 6.45) is 4.51. The molecule has 0 bridgehead atoms. The lowest BCUT2D eigenvalue weighted by molar-refractivity contribution is -0.142. The number of amides is 2. The number of sulfone groups is 1. The third-order valence-electron chi connectivity index (χ3n) is 6.31. The van der Waals surface area contributed by atoms with Crippen molar-refractivity contribution in [1.29, 1.82) is 0 Å². The summed E-state index contributed by atoms with van der Waals surface area (Å²) >= 11 is 0. The Morgan fingerprint density at radius 1 is 1.03 bits per heavy atom. The van der Waals surface area contributed by atoms with Gasteiger partial charge in [-0.1, -0.05) is 82.3 Å². The molecular formula is C26H37N3O5S. The number of carbonyl (C=O) groups excluding carboxylic acids is 2. The number of fused-ring (bicyclic) bond motifs is 1. The third kappa shape index (κ3) is 6.48. The van der Waals surface area contributed by atoms with E-state index in [1.807, 2.05) is 70.2 Å². The summed E-state index contributed by atoms with van der Waals surface area (Å²) in [6.45, 7) is 7.42. The van der Waals surface area contributed by atoms with Gasteiger partial charge in [0.05, 0.1) is 11.8 Å². The van der Waals surface area contributed by atoms with E-state index in [2.05, 4.69) is 5.43 Å². The van der Waals surface area contributed by atoms with Crippen LogP contribution in [-0.2, 0) is 19.4 Å². The molecule has 2 amide bonds. The number of hydrogen-bond donors (Lipinski definition) is 4. The van der Waals surface area contributed by atoms with Gasteiger partial charge in [0.15, 0.2) is 9.84 Å². The van der Waals surface area contributed by atoms with Crippen molar-refractivity contribution in [2.24, 2.45) is 29.5 Å². The second kappa shape index (κ2) is 11.8. The summed E-state index contributed by atoms with van der Waals surface area (Å²) in [6, 6.07) is 13.4. The van der Waals surface area contributed by atoms with Crippen LogP contribution in [0.25, 0.3) is 16.8 Å². The highest BCUT2D eigenvalue weighted by Gasteiger charge is 2.54. The molecule has 0 fully saturated rings. The molecule has 0 aliphatic rings. The maximum Gasteiger partial charge on any atom is 0.249 e. The summed E-state index contributed by atoms with van der Waals surface area (Å²) in [5.74, 6) is 1.10. The Kier molecular flexibility index (Phi) is 9.60. The molecule has 5 N–H and O–H groups in total. The van der Waals surface area contributed by atoms with E-state index in [-0.39, 0.29) is 24.7 Å². The molecule has 9 heteroatoms. The smallest absolute Gasteiger partial charge is 0.249 e. The average Bonchev–Trinajstić information content (AvgIpc) is 2.79. The molecule has 0 heterocycles. The molecule has 2 aromatic carbocycles. The van der Waals surface area contributed by atoms with Crippen molar-refractivity contribution in [1.82, 2.24) is 10.9 Å². The normalized spacial score (nSPS) is 15.8. The Morgan fingerprint density at radius 3 is 2.20 bits per heavy atom. The molecule has 192 valence electrons. The first-order valence-corrected chi connectivity index (χ1v) is 13.6. The zero-order valence-corrected chi connectivity index (χ0v) is 21.8. The Labute approximate surface area is 207 Å². The minimum Gasteiger partial charge on any atom is -0.294 e. The second-order valence-corrected chi connectivity index (χ2v) is 12.2. The summed E-state index contributed by atoms with van der Waals surface area (Å²) in [4.78, 5) is 26.1. The molecule has 2 rings (SSSR count). The fourth-order valence-corrected chi connectivity index (χ4v) is 6.58. The van der Waals surface area contributed by atoms with Crippen molar-refractivity contribution in [3.63, 3.8) is 0 Å². The Morgan fingerprint density at radius 2 is 1.66 bits per heavy atom. The number of carbonyl (C=O) groups is 2. The SMILES string of the molecule is CC(C)C[C@@H](C(=O)NN)[C@@H](C(=O)NO)C(/C=C/c1cccc2ccccc12)(CC(C)C)S(C)(=O)=O. The van der Waals surface area contributed by atoms with Crippen LogP contribution in [0.15, 0.2) is 48.5 Å². The fraction of sp³-hybridized carbons (Fsp3) is 0.462. The molecule has 8 nitrogen and oxygen atoms in total. The molecular weight excluding hydrogens is 466 g/mol. The molecule has 0 saturated heterocycles. The summed E-state index contributed by atoms with van der Waals surface area (Å²) in [5.41, 5.74) is 4.47. The Hall–Kier alpha value is -2.75. The molecule has 0 radical (unpaired) electrons. The van der Waals surface area contributed by atoms with Crippen molar-refractivity contribution in [2.45, 2.75) is 45.3 Å². The van der Waals surface area contributed by atoms with Gasteiger partial charge in [-0.15, -0.1) is 0 Å². The van der Waals surface area contributed by atoms with Crippen LogP contribution in [0.2, 0.25) is 0 Å². The maximum absolute atomic E-state index is 13.6. The van der Waals surface area contributed by atoms with Crippen LogP contribution in [0.3, 0.4) is 0 Å². The van der Waals surface area contributed by atoms with E-state index < -0.39 is 38.2 Å². The summed E-state index contributed by atoms with van der Waals surface area (Å²) in [7, 11) is -4.00. The van der Waals surface area contributed by atoms with E-state index >= 15 is 0 Å². The van der Waals surface area contributed by atoms with Gasteiger partial charge in [-0.25, -0.2) is 19.7 Å². The second-order valence-electron chi connectivity index (χ2n) is 9.93. The molecule has 0 aliphatic carbocycles. The first-order chi connectivity index (χ1) is 16.4. The van der Waals surface area contributed by atoms with Crippen LogP contribution >= 0.6 is 0 Å². The monoisotopic (exact) mass is 503 g/mol. The van der Waals surface area contributed by atoms with Crippen molar-refractivity contribution >= 4 is 38.5 Å². The van der Waals surface area contributed by atoms with E-state index in [0.717, 1.165) is 22.6 Å². The van der Waals surface area contributed by atoms with Gasteiger partial charge < -0.3 is 0 Å². The average molecular weight is 504 g/mol. The van der Waals surface area contributed by atoms with Gasteiger partial charge in [0, 0.05) is 6.26 Å². The molecule has 3 atom stereocenters. The number of hydroxylamine groups is 1. The molecule has 0 spiro atoms. The van der Waals surface area contributed by atoms with E-state index in [9.17, 15) is 23.2 Å². The van der Waals surface area contributed by atoms with E-state index in [0.29, 0.717) is 0 Å². The molecule has 0 aliphatic heterocycles. The molecule has 2 aromatic rings. The van der Waals surface area contributed by atoms with Crippen LogP contribution in [0.5, 0.6) is 0 Å². The van der Waals surface area contributed by atoms with Gasteiger partial charge in [0.25, 0.3) is 0 Å². The summed E-state index contributed by atoms with van der Waals surface area (Å²) < 4.78 is 25.3. The minimum atomic E-state index is -4.00. The summed E-state index contributed by atoms with van der Waals surface area (Å²) in [5, 5.41) is 11.5. The first-order valence-electron chi connectivity index (χ1n) is 11.7. The maximum atomic E-state index is 13.6. The standard InChI is InChI=1S/C26H37N3O5S/c1-17(2)15-22(24(30)28-27)23(25(31)29-32)26(16-18(3)4,35(5,33)34)14-13-20-11-8-10-19-9-6-7-12-21(19)20/h6-14,17-18,22-23,32H,15-16,27H2,1-5H3,(H,28,30)(H,29,31)/b14-13+/t22-,23+,26?/m1/s1. The van der Waals surface area contributed by atoms with E-state index in [1.54, 1.807) is 11.6 Å². The van der Waals surface area contributed by atoms with Crippen LogP contribution in [0, 0.1) is 23.7 Å². The van der Waals surface area contributed by atoms with Gasteiger partial charge in [-0.05, 0) is 41.0 Å². The van der Waals surface area contributed by atoms with Crippen molar-refractivity contribution in [3.8, 4) is 0 Å². The molecule has 0 aromatic heterocycles. The number of hydrazine groups is 1. The highest BCUT2D eigenvalue weighted by molar-refractivity contribution is 7.92. The molecule has 35 heavy (non-hydrogen) atoms. The highest BCUT2D eigenvalue weighted by Crippen LogP contribution is 2.42. The fourth-order valence-electron chi connectivity index (χ4n) is 4.89. The Bertz CT molecular complexity index is 1170. The predicted octanol–water partition coefficient (Wildman–Crippen LogP) is 3.46. The van der Waals surface area contributed by atoms with Gasteiger partial charge in [0.2, 0.25) is 11.8 Å². The van der Waals surface area contributed by atoms with Crippen LogP contribution in [0.4, 0.5) is 0 Å². The predicted molar refractivity (Wildman–Crippen MR) is 139 cm³/mol. The zero-order chi connectivity index (χ0) is 26.4. The van der Waals surface area contributed by atoms with Gasteiger partial charge in [-0.3, -0.25) is 20.2 Å². The molecule has 1 unspecified atom stereocenters. The van der Waals surface area contributed by atoms with Gasteiger partial charge in [0.1, 0.15) is 4.75 Å². The minimum absolute atomic E-state index is 0.0513. The van der Waals surface area contributed by atoms with E-state index in [1.165, 1.54) is 6.08 Å². The number of benzene rings is 2. The van der Waals surface area contributed by atoms with Crippen LogP contribution in [-0.4, -0.2) is 36.4 Å². The zero-order valence-electron chi connectivity index (χ0n) is 21.0. The van der Waals surface area contributed by atoms with Gasteiger partial charge >= 0.3 is 0 Å². The largest absolute Gasteiger partial charge is 0.294 e. The number of hydrogen-bond acceptors (Lipinski definition) is 6. The quantitative estimate of drug-likeness (QED) is 0.160. The number of nitrogens with one attached hydrogen (secondary N) is 2. The van der Waals surface area contributed by atoms with Crippen LogP contribution < -0.4 is 16.7 Å². The Balaban J connectivity index is 2.88. The third-order valence-corrected chi connectivity index (χ3v) is 8.25. The highest BCUT2D eigenvalue weighted by atomic mass is 32.2. The lowest BCUT2D eigenvalue weighted by atomic mass is 9.72. The van der Waals surface area contributed by atoms with Crippen molar-refractivity contribution in [2.75, 3.05) is 6.26 Å². The van der Waals surface area contributed by atoms with Crippen LogP contribution in [0.1, 0.15) is 46.1 Å². The number of nitrogens with two attached hydrogens (primary N) is 1. The number of rotatable bonds is 11. The van der Waals surface area contributed by atoms with Crippen molar-refractivity contribution < 1.29 is 23.2 Å². The topological polar surface area (TPSA) is 139 Å².